The fourth-order valence-electron chi connectivity index (χ4n) is 3.20. The van der Waals surface area contributed by atoms with Gasteiger partial charge in [0.1, 0.15) is 0 Å². The zero-order valence-corrected chi connectivity index (χ0v) is 21.9. The molecule has 11 heteroatoms. The molecule has 0 aliphatic carbocycles. The summed E-state index contributed by atoms with van der Waals surface area (Å²) in [5.74, 6) is 0.267. The first kappa shape index (κ1) is 26.3. The quantitative estimate of drug-likeness (QED) is 0.319. The van der Waals surface area contributed by atoms with Gasteiger partial charge in [-0.3, -0.25) is 9.59 Å². The Bertz CT molecular complexity index is 1190. The molecule has 0 spiro atoms. The number of hydrogen-bond donors (Lipinski definition) is 2. The van der Waals surface area contributed by atoms with E-state index < -0.39 is 6.04 Å². The summed E-state index contributed by atoms with van der Waals surface area (Å²) in [5.41, 5.74) is 0.950. The zero-order chi connectivity index (χ0) is 24.8. The average molecular weight is 541 g/mol. The second kappa shape index (κ2) is 11.9. The Morgan fingerprint density at radius 2 is 1.76 bits per heavy atom. The van der Waals surface area contributed by atoms with Gasteiger partial charge in [0.25, 0.3) is 5.91 Å². The maximum absolute atomic E-state index is 12.9. The van der Waals surface area contributed by atoms with E-state index in [1.54, 1.807) is 36.4 Å². The van der Waals surface area contributed by atoms with Gasteiger partial charge in [0, 0.05) is 12.1 Å². The van der Waals surface area contributed by atoms with Crippen LogP contribution in [0.25, 0.3) is 0 Å². The highest BCUT2D eigenvalue weighted by Crippen LogP contribution is 2.27. The van der Waals surface area contributed by atoms with Gasteiger partial charge in [-0.2, -0.15) is 0 Å². The molecule has 3 rings (SSSR count). The summed E-state index contributed by atoms with van der Waals surface area (Å²) < 4.78 is 1.90. The second-order valence-electron chi connectivity index (χ2n) is 7.73. The minimum atomic E-state index is -0.402. The smallest absolute Gasteiger partial charge is 0.251 e. The van der Waals surface area contributed by atoms with Crippen molar-refractivity contribution in [2.45, 2.75) is 38.5 Å². The van der Waals surface area contributed by atoms with Crippen LogP contribution in [-0.4, -0.2) is 32.3 Å². The number of nitrogens with one attached hydrogen (secondary N) is 2. The van der Waals surface area contributed by atoms with Crippen molar-refractivity contribution < 1.29 is 9.59 Å². The van der Waals surface area contributed by atoms with Crippen molar-refractivity contribution in [3.05, 3.63) is 68.9 Å². The fourth-order valence-corrected chi connectivity index (χ4v) is 4.49. The molecule has 0 radical (unpaired) electrons. The number of rotatable bonds is 9. The van der Waals surface area contributed by atoms with E-state index in [4.69, 9.17) is 34.8 Å². The molecule has 0 bridgehead atoms. The van der Waals surface area contributed by atoms with Crippen molar-refractivity contribution in [2.24, 2.45) is 5.92 Å². The first-order valence-electron chi connectivity index (χ1n) is 10.6. The molecule has 2 aromatic carbocycles. The highest BCUT2D eigenvalue weighted by molar-refractivity contribution is 7.99. The third-order valence-corrected chi connectivity index (χ3v) is 6.99. The number of anilines is 1. The fraction of sp³-hybridized carbons (Fsp3) is 0.304. The summed E-state index contributed by atoms with van der Waals surface area (Å²) in [6.07, 6.45) is 0. The van der Waals surface area contributed by atoms with Crippen LogP contribution in [0.15, 0.2) is 47.6 Å². The lowest BCUT2D eigenvalue weighted by Crippen LogP contribution is -2.33. The molecule has 0 fully saturated rings. The van der Waals surface area contributed by atoms with Gasteiger partial charge in [-0.15, -0.1) is 10.2 Å². The molecular weight excluding hydrogens is 517 g/mol. The van der Waals surface area contributed by atoms with Crippen LogP contribution in [0, 0.1) is 5.92 Å². The minimum Gasteiger partial charge on any atom is -0.342 e. The van der Waals surface area contributed by atoms with Crippen molar-refractivity contribution in [3.63, 3.8) is 0 Å². The van der Waals surface area contributed by atoms with Gasteiger partial charge >= 0.3 is 0 Å². The summed E-state index contributed by atoms with van der Waals surface area (Å²) >= 11 is 19.4. The van der Waals surface area contributed by atoms with Gasteiger partial charge in [-0.25, -0.2) is 0 Å². The molecule has 0 saturated heterocycles. The molecule has 0 aliphatic rings. The Labute approximate surface area is 217 Å². The van der Waals surface area contributed by atoms with Crippen LogP contribution in [0.1, 0.15) is 43.0 Å². The van der Waals surface area contributed by atoms with Crippen LogP contribution in [0.2, 0.25) is 15.1 Å². The minimum absolute atomic E-state index is 0.0302. The van der Waals surface area contributed by atoms with E-state index in [9.17, 15) is 9.59 Å². The Morgan fingerprint density at radius 1 is 1.03 bits per heavy atom. The summed E-state index contributed by atoms with van der Waals surface area (Å²) in [6, 6.07) is 11.4. The molecule has 1 atom stereocenters. The topological polar surface area (TPSA) is 88.9 Å². The van der Waals surface area contributed by atoms with E-state index in [0.717, 1.165) is 0 Å². The van der Waals surface area contributed by atoms with Crippen LogP contribution < -0.4 is 10.6 Å². The number of para-hydroxylation sites is 1. The number of aromatic nitrogens is 3. The van der Waals surface area contributed by atoms with Crippen molar-refractivity contribution in [2.75, 3.05) is 11.1 Å². The predicted molar refractivity (Wildman–Crippen MR) is 138 cm³/mol. The predicted octanol–water partition coefficient (Wildman–Crippen LogP) is 6.12. The van der Waals surface area contributed by atoms with E-state index in [-0.39, 0.29) is 23.5 Å². The molecule has 0 aliphatic heterocycles. The van der Waals surface area contributed by atoms with Gasteiger partial charge in [0.15, 0.2) is 11.0 Å². The number of thioether (sulfide) groups is 1. The lowest BCUT2D eigenvalue weighted by atomic mass is 10.0. The lowest BCUT2D eigenvalue weighted by molar-refractivity contribution is -0.113. The highest BCUT2D eigenvalue weighted by atomic mass is 35.5. The molecule has 34 heavy (non-hydrogen) atoms. The van der Waals surface area contributed by atoms with Crippen LogP contribution in [0.4, 0.5) is 5.69 Å². The first-order chi connectivity index (χ1) is 16.2. The lowest BCUT2D eigenvalue weighted by Gasteiger charge is -2.22. The summed E-state index contributed by atoms with van der Waals surface area (Å²) in [5, 5.41) is 16.2. The molecule has 2 amide bonds. The SMILES string of the molecule is CCn1c(SCC(=O)Nc2ccccc2Cl)nnc1[C@@H](NC(=O)c1ccc(Cl)c(Cl)c1)C(C)C. The van der Waals surface area contributed by atoms with Crippen molar-refractivity contribution in [3.8, 4) is 0 Å². The molecule has 1 heterocycles. The van der Waals surface area contributed by atoms with Crippen LogP contribution >= 0.6 is 46.6 Å². The summed E-state index contributed by atoms with van der Waals surface area (Å²) in [6.45, 7) is 6.50. The maximum Gasteiger partial charge on any atom is 0.251 e. The van der Waals surface area contributed by atoms with E-state index in [0.29, 0.717) is 43.8 Å². The normalized spacial score (nSPS) is 12.0. The number of amides is 2. The Balaban J connectivity index is 1.73. The largest absolute Gasteiger partial charge is 0.342 e. The van der Waals surface area contributed by atoms with E-state index in [1.807, 2.05) is 25.3 Å². The molecule has 7 nitrogen and oxygen atoms in total. The third kappa shape index (κ3) is 6.44. The van der Waals surface area contributed by atoms with Crippen molar-refractivity contribution >= 4 is 64.1 Å². The average Bonchev–Trinajstić information content (AvgIpc) is 3.21. The Morgan fingerprint density at radius 3 is 2.41 bits per heavy atom. The molecule has 0 saturated carbocycles. The molecule has 0 unspecified atom stereocenters. The third-order valence-electron chi connectivity index (χ3n) is 4.96. The van der Waals surface area contributed by atoms with E-state index >= 15 is 0 Å². The molecular formula is C23H24Cl3N5O2S. The monoisotopic (exact) mass is 539 g/mol. The number of hydrogen-bond acceptors (Lipinski definition) is 5. The maximum atomic E-state index is 12.9. The Kier molecular flexibility index (Phi) is 9.24. The van der Waals surface area contributed by atoms with Crippen molar-refractivity contribution in [1.29, 1.82) is 0 Å². The molecule has 2 N–H and O–H groups in total. The van der Waals surface area contributed by atoms with Gasteiger partial charge in [-0.05, 0) is 43.2 Å². The first-order valence-corrected chi connectivity index (χ1v) is 12.7. The second-order valence-corrected chi connectivity index (χ2v) is 9.89. The van der Waals surface area contributed by atoms with Crippen LogP contribution in [0.5, 0.6) is 0 Å². The van der Waals surface area contributed by atoms with Gasteiger partial charge in [-0.1, -0.05) is 72.5 Å². The molecule has 1 aromatic heterocycles. The highest BCUT2D eigenvalue weighted by Gasteiger charge is 2.26. The summed E-state index contributed by atoms with van der Waals surface area (Å²) in [4.78, 5) is 25.3. The zero-order valence-electron chi connectivity index (χ0n) is 18.8. The van der Waals surface area contributed by atoms with Gasteiger partial charge in [0.05, 0.1) is 32.5 Å². The van der Waals surface area contributed by atoms with E-state index in [2.05, 4.69) is 20.8 Å². The molecule has 3 aromatic rings. The number of nitrogens with zero attached hydrogens (tertiary/aromatic N) is 3. The van der Waals surface area contributed by atoms with E-state index in [1.165, 1.54) is 17.8 Å². The molecule has 180 valence electrons. The number of carbonyl (C=O) groups is 2. The summed E-state index contributed by atoms with van der Waals surface area (Å²) in [7, 11) is 0. The van der Waals surface area contributed by atoms with Gasteiger partial charge in [0.2, 0.25) is 5.91 Å². The van der Waals surface area contributed by atoms with Crippen molar-refractivity contribution in [1.82, 2.24) is 20.1 Å². The van der Waals surface area contributed by atoms with Crippen LogP contribution in [-0.2, 0) is 11.3 Å². The van der Waals surface area contributed by atoms with Gasteiger partial charge < -0.3 is 15.2 Å². The number of halogens is 3. The standard InChI is InChI=1S/C23H24Cl3N5O2S/c1-4-31-21(20(13(2)3)28-22(33)14-9-10-15(24)17(26)11-14)29-30-23(31)34-12-19(32)27-18-8-6-5-7-16(18)25/h5-11,13,20H,4,12H2,1-3H3,(H,27,32)(H,28,33)/t20-/m0/s1. The Hall–Kier alpha value is -2.26. The van der Waals surface area contributed by atoms with Crippen LogP contribution in [0.3, 0.4) is 0 Å². The number of benzene rings is 2. The number of carbonyl (C=O) groups excluding carboxylic acids is 2.